The minimum atomic E-state index is -4.31. The van der Waals surface area contributed by atoms with Crippen LogP contribution in [0.15, 0.2) is 53.7 Å². The summed E-state index contributed by atoms with van der Waals surface area (Å²) < 4.78 is 38.3. The molecule has 0 bridgehead atoms. The van der Waals surface area contributed by atoms with Gasteiger partial charge in [-0.15, -0.1) is 24.0 Å². The van der Waals surface area contributed by atoms with E-state index < -0.39 is 11.7 Å². The summed E-state index contributed by atoms with van der Waals surface area (Å²) in [6, 6.07) is 10.9. The number of benzene rings is 1. The van der Waals surface area contributed by atoms with Crippen LogP contribution in [0.25, 0.3) is 0 Å². The van der Waals surface area contributed by atoms with Gasteiger partial charge >= 0.3 is 6.18 Å². The number of anilines is 1. The zero-order chi connectivity index (χ0) is 17.2. The lowest BCUT2D eigenvalue weighted by atomic mass is 9.76. The van der Waals surface area contributed by atoms with E-state index in [0.29, 0.717) is 24.2 Å². The molecule has 0 unspecified atom stereocenters. The van der Waals surface area contributed by atoms with E-state index in [1.165, 1.54) is 12.1 Å². The van der Waals surface area contributed by atoms with Gasteiger partial charge in [0.1, 0.15) is 5.82 Å². The minimum absolute atomic E-state index is 0. The van der Waals surface area contributed by atoms with Gasteiger partial charge in [0.2, 0.25) is 0 Å². The fourth-order valence-corrected chi connectivity index (χ4v) is 2.73. The number of nitrogens with zero attached hydrogens (tertiary/aromatic N) is 2. The lowest BCUT2D eigenvalue weighted by Gasteiger charge is -2.33. The summed E-state index contributed by atoms with van der Waals surface area (Å²) in [7, 11) is 0. The van der Waals surface area contributed by atoms with Crippen LogP contribution in [0, 0.1) is 0 Å². The molecule has 1 aromatic carbocycles. The molecule has 25 heavy (non-hydrogen) atoms. The molecule has 0 atom stereocenters. The van der Waals surface area contributed by atoms with Crippen molar-refractivity contribution in [2.75, 3.05) is 5.32 Å². The SMILES string of the molecule is I.NC(=NC1CC(c2cccc(C(F)(F)F)c2)C1)Nc1ccccn1. The van der Waals surface area contributed by atoms with Gasteiger partial charge in [0.15, 0.2) is 5.96 Å². The van der Waals surface area contributed by atoms with Crippen LogP contribution in [0.5, 0.6) is 0 Å². The van der Waals surface area contributed by atoms with Gasteiger partial charge in [-0.2, -0.15) is 13.2 Å². The summed E-state index contributed by atoms with van der Waals surface area (Å²) in [5.41, 5.74) is 5.92. The Hall–Kier alpha value is -1.84. The predicted molar refractivity (Wildman–Crippen MR) is 102 cm³/mol. The highest BCUT2D eigenvalue weighted by Crippen LogP contribution is 2.40. The predicted octanol–water partition coefficient (Wildman–Crippen LogP) is 4.39. The molecular weight excluding hydrogens is 444 g/mol. The van der Waals surface area contributed by atoms with Crippen molar-refractivity contribution < 1.29 is 13.2 Å². The number of alkyl halides is 3. The van der Waals surface area contributed by atoms with Crippen LogP contribution >= 0.6 is 24.0 Å². The first-order chi connectivity index (χ1) is 11.4. The molecular formula is C17H18F3IN4. The second-order valence-electron chi connectivity index (χ2n) is 5.80. The second kappa shape index (κ2) is 8.03. The van der Waals surface area contributed by atoms with Crippen LogP contribution in [0.1, 0.15) is 29.9 Å². The molecule has 0 saturated heterocycles. The van der Waals surface area contributed by atoms with Crippen LogP contribution in [0.4, 0.5) is 19.0 Å². The molecule has 1 aliphatic carbocycles. The summed E-state index contributed by atoms with van der Waals surface area (Å²) in [5.74, 6) is 0.956. The third-order valence-corrected chi connectivity index (χ3v) is 4.04. The number of pyridine rings is 1. The molecule has 0 spiro atoms. The average molecular weight is 462 g/mol. The maximum absolute atomic E-state index is 12.8. The molecule has 2 aromatic rings. The highest BCUT2D eigenvalue weighted by atomic mass is 127. The van der Waals surface area contributed by atoms with E-state index in [4.69, 9.17) is 5.73 Å². The Morgan fingerprint density at radius 3 is 2.56 bits per heavy atom. The zero-order valence-electron chi connectivity index (χ0n) is 13.2. The van der Waals surface area contributed by atoms with E-state index in [9.17, 15) is 13.2 Å². The largest absolute Gasteiger partial charge is 0.416 e. The third-order valence-electron chi connectivity index (χ3n) is 4.04. The highest BCUT2D eigenvalue weighted by molar-refractivity contribution is 14.0. The molecule has 1 fully saturated rings. The summed E-state index contributed by atoms with van der Waals surface area (Å²) in [6.45, 7) is 0. The molecule has 8 heteroatoms. The topological polar surface area (TPSA) is 63.3 Å². The highest BCUT2D eigenvalue weighted by Gasteiger charge is 2.34. The van der Waals surface area contributed by atoms with Crippen molar-refractivity contribution in [3.8, 4) is 0 Å². The molecule has 1 saturated carbocycles. The Kier molecular flexibility index (Phi) is 6.26. The minimum Gasteiger partial charge on any atom is -0.370 e. The number of hydrogen-bond acceptors (Lipinski definition) is 2. The molecule has 1 aromatic heterocycles. The van der Waals surface area contributed by atoms with Gasteiger partial charge in [-0.1, -0.05) is 24.3 Å². The second-order valence-corrected chi connectivity index (χ2v) is 5.80. The summed E-state index contributed by atoms with van der Waals surface area (Å²) in [6.07, 6.45) is -1.30. The van der Waals surface area contributed by atoms with Crippen LogP contribution in [0.2, 0.25) is 0 Å². The van der Waals surface area contributed by atoms with Crippen molar-refractivity contribution in [3.05, 3.63) is 59.8 Å². The summed E-state index contributed by atoms with van der Waals surface area (Å²) in [5, 5.41) is 2.89. The first-order valence-corrected chi connectivity index (χ1v) is 7.60. The van der Waals surface area contributed by atoms with Crippen molar-refractivity contribution in [1.29, 1.82) is 0 Å². The van der Waals surface area contributed by atoms with E-state index in [1.807, 2.05) is 6.07 Å². The van der Waals surface area contributed by atoms with Gasteiger partial charge in [0.25, 0.3) is 0 Å². The number of aromatic nitrogens is 1. The lowest BCUT2D eigenvalue weighted by molar-refractivity contribution is -0.137. The number of rotatable bonds is 3. The van der Waals surface area contributed by atoms with E-state index in [2.05, 4.69) is 15.3 Å². The first-order valence-electron chi connectivity index (χ1n) is 7.60. The summed E-state index contributed by atoms with van der Waals surface area (Å²) in [4.78, 5) is 8.43. The van der Waals surface area contributed by atoms with Crippen molar-refractivity contribution in [2.45, 2.75) is 31.0 Å². The number of aliphatic imine (C=N–C) groups is 1. The number of hydrogen-bond donors (Lipinski definition) is 2. The van der Waals surface area contributed by atoms with Crippen molar-refractivity contribution in [3.63, 3.8) is 0 Å². The standard InChI is InChI=1S/C17H17F3N4.HI/c18-17(19,20)13-5-3-4-11(8-13)12-9-14(10-12)23-16(21)24-15-6-1-2-7-22-15;/h1-8,12,14H,9-10H2,(H3,21,22,23,24);1H. The number of nitrogens with two attached hydrogens (primary N) is 1. The maximum atomic E-state index is 12.8. The fourth-order valence-electron chi connectivity index (χ4n) is 2.73. The Labute approximate surface area is 160 Å². The van der Waals surface area contributed by atoms with Gasteiger partial charge in [0, 0.05) is 6.20 Å². The van der Waals surface area contributed by atoms with Gasteiger partial charge in [-0.3, -0.25) is 0 Å². The number of halogens is 4. The maximum Gasteiger partial charge on any atom is 0.416 e. The number of nitrogens with one attached hydrogen (secondary N) is 1. The van der Waals surface area contributed by atoms with Gasteiger partial charge < -0.3 is 11.1 Å². The molecule has 1 heterocycles. The molecule has 0 aliphatic heterocycles. The average Bonchev–Trinajstić information content (AvgIpc) is 2.51. The lowest BCUT2D eigenvalue weighted by Crippen LogP contribution is -2.31. The van der Waals surface area contributed by atoms with Crippen LogP contribution in [-0.2, 0) is 6.18 Å². The Morgan fingerprint density at radius 2 is 1.92 bits per heavy atom. The van der Waals surface area contributed by atoms with Crippen LogP contribution in [-0.4, -0.2) is 17.0 Å². The Morgan fingerprint density at radius 1 is 1.16 bits per heavy atom. The Bertz CT molecular complexity index is 728. The zero-order valence-corrected chi connectivity index (χ0v) is 15.5. The fraction of sp³-hybridized carbons (Fsp3) is 0.294. The van der Waals surface area contributed by atoms with E-state index in [1.54, 1.807) is 24.4 Å². The molecule has 4 nitrogen and oxygen atoms in total. The monoisotopic (exact) mass is 462 g/mol. The van der Waals surface area contributed by atoms with Crippen molar-refractivity contribution in [1.82, 2.24) is 4.98 Å². The molecule has 134 valence electrons. The van der Waals surface area contributed by atoms with Crippen molar-refractivity contribution >= 4 is 35.8 Å². The van der Waals surface area contributed by atoms with Crippen molar-refractivity contribution in [2.24, 2.45) is 10.7 Å². The van der Waals surface area contributed by atoms with Gasteiger partial charge in [-0.25, -0.2) is 9.98 Å². The molecule has 0 radical (unpaired) electrons. The van der Waals surface area contributed by atoms with Crippen LogP contribution < -0.4 is 11.1 Å². The van der Waals surface area contributed by atoms with E-state index >= 15 is 0 Å². The van der Waals surface area contributed by atoms with Gasteiger partial charge in [-0.05, 0) is 42.5 Å². The molecule has 3 rings (SSSR count). The first kappa shape index (κ1) is 19.5. The van der Waals surface area contributed by atoms with Crippen LogP contribution in [0.3, 0.4) is 0 Å². The third kappa shape index (κ3) is 5.07. The molecule has 1 aliphatic rings. The van der Waals surface area contributed by atoms with Gasteiger partial charge in [0.05, 0.1) is 11.6 Å². The summed E-state index contributed by atoms with van der Waals surface area (Å²) >= 11 is 0. The normalized spacial score (nSPS) is 20.4. The van der Waals surface area contributed by atoms with E-state index in [0.717, 1.165) is 6.07 Å². The molecule has 0 amide bonds. The smallest absolute Gasteiger partial charge is 0.370 e. The quantitative estimate of drug-likeness (QED) is 0.404. The van der Waals surface area contributed by atoms with E-state index in [-0.39, 0.29) is 41.9 Å². The molecule has 3 N–H and O–H groups in total. The number of guanidine groups is 1. The Balaban J connectivity index is 0.00000225.